The first-order valence-electron chi connectivity index (χ1n) is 11.3. The summed E-state index contributed by atoms with van der Waals surface area (Å²) >= 11 is 5.67. The Morgan fingerprint density at radius 2 is 2.09 bits per heavy atom. The Kier molecular flexibility index (Phi) is 7.01. The third-order valence-electron chi connectivity index (χ3n) is 7.30. The van der Waals surface area contributed by atoms with Gasteiger partial charge in [-0.05, 0) is 44.9 Å². The minimum absolute atomic E-state index is 0.0765. The molecule has 0 bridgehead atoms. The largest absolute Gasteiger partial charge is 0.453 e. The predicted octanol–water partition coefficient (Wildman–Crippen LogP) is 3.12. The van der Waals surface area contributed by atoms with E-state index >= 15 is 0 Å². The number of sulfonamides is 1. The van der Waals surface area contributed by atoms with Gasteiger partial charge in [-0.15, -0.1) is 0 Å². The van der Waals surface area contributed by atoms with Crippen LogP contribution in [0, 0.1) is 5.92 Å². The van der Waals surface area contributed by atoms with Crippen LogP contribution in [-0.4, -0.2) is 73.6 Å². The number of nitrogens with one attached hydrogen (secondary N) is 1. The summed E-state index contributed by atoms with van der Waals surface area (Å²) in [5, 5.41) is -0.523. The first-order chi connectivity index (χ1) is 16.2. The van der Waals surface area contributed by atoms with Crippen LogP contribution in [0.5, 0.6) is 0 Å². The highest BCUT2D eigenvalue weighted by molar-refractivity contribution is 7.88. The number of likely N-dealkylation sites (tertiary alicyclic amines) is 1. The zero-order chi connectivity index (χ0) is 25.8. The van der Waals surface area contributed by atoms with Crippen molar-refractivity contribution in [1.29, 1.82) is 0 Å². The molecule has 1 aliphatic heterocycles. The number of alkyl halides is 3. The zero-order valence-corrected chi connectivity index (χ0v) is 21.1. The zero-order valence-electron chi connectivity index (χ0n) is 19.5. The maximum atomic E-state index is 13.2. The number of ether oxygens (including phenoxy) is 2. The molecule has 4 rings (SSSR count). The molecule has 1 N–H and O–H groups in total. The lowest BCUT2D eigenvalue weighted by Gasteiger charge is -2.32. The summed E-state index contributed by atoms with van der Waals surface area (Å²) in [5.41, 5.74) is -1.63. The summed E-state index contributed by atoms with van der Waals surface area (Å²) in [6, 6.07) is -1.32. The van der Waals surface area contributed by atoms with Crippen molar-refractivity contribution >= 4 is 27.7 Å². The van der Waals surface area contributed by atoms with E-state index in [4.69, 9.17) is 21.1 Å². The smallest absolute Gasteiger partial charge is 0.434 e. The number of aromatic nitrogens is 2. The molecule has 1 aromatic rings. The van der Waals surface area contributed by atoms with Gasteiger partial charge in [-0.3, -0.25) is 4.90 Å². The molecule has 3 fully saturated rings. The molecule has 3 unspecified atom stereocenters. The molecule has 1 amide bonds. The topological polar surface area (TPSA) is 111 Å². The fourth-order valence-electron chi connectivity index (χ4n) is 5.60. The molecule has 0 radical (unpaired) electrons. The lowest BCUT2D eigenvalue weighted by molar-refractivity contribution is -0.141. The van der Waals surface area contributed by atoms with Crippen LogP contribution in [0.2, 0.25) is 5.02 Å². The Balaban J connectivity index is 1.42. The molecule has 0 spiro atoms. The van der Waals surface area contributed by atoms with Crippen LogP contribution in [0.4, 0.5) is 18.0 Å². The lowest BCUT2D eigenvalue weighted by atomic mass is 9.86. The summed E-state index contributed by atoms with van der Waals surface area (Å²) < 4.78 is 77.0. The minimum Gasteiger partial charge on any atom is -0.453 e. The van der Waals surface area contributed by atoms with Crippen molar-refractivity contribution < 1.29 is 35.9 Å². The van der Waals surface area contributed by atoms with Crippen molar-refractivity contribution in [3.63, 3.8) is 0 Å². The Bertz CT molecular complexity index is 1090. The number of carbonyl (C=O) groups excluding carboxylic acids is 1. The normalized spacial score (nSPS) is 32.9. The van der Waals surface area contributed by atoms with Gasteiger partial charge in [0.25, 0.3) is 0 Å². The van der Waals surface area contributed by atoms with Gasteiger partial charge in [0, 0.05) is 23.7 Å². The molecule has 0 aromatic carbocycles. The van der Waals surface area contributed by atoms with E-state index in [1.54, 1.807) is 0 Å². The quantitative estimate of drug-likeness (QED) is 0.590. The van der Waals surface area contributed by atoms with E-state index < -0.39 is 50.5 Å². The van der Waals surface area contributed by atoms with Crippen LogP contribution in [0.15, 0.2) is 6.20 Å². The second kappa shape index (κ2) is 9.31. The van der Waals surface area contributed by atoms with E-state index in [0.29, 0.717) is 32.1 Å². The van der Waals surface area contributed by atoms with Crippen molar-refractivity contribution in [2.45, 2.75) is 74.8 Å². The predicted molar refractivity (Wildman–Crippen MR) is 119 cm³/mol. The Morgan fingerprint density at radius 1 is 1.37 bits per heavy atom. The van der Waals surface area contributed by atoms with Crippen LogP contribution in [0.3, 0.4) is 0 Å². The van der Waals surface area contributed by atoms with Crippen molar-refractivity contribution in [3.05, 3.63) is 22.7 Å². The number of hydrogen-bond acceptors (Lipinski definition) is 7. The second-order valence-electron chi connectivity index (χ2n) is 9.70. The summed E-state index contributed by atoms with van der Waals surface area (Å²) in [6.45, 7) is 1.92. The van der Waals surface area contributed by atoms with E-state index in [1.165, 1.54) is 12.0 Å². The molecule has 1 saturated heterocycles. The van der Waals surface area contributed by atoms with Crippen LogP contribution in [-0.2, 0) is 31.1 Å². The number of methoxy groups -OCH3 is 1. The van der Waals surface area contributed by atoms with Gasteiger partial charge in [0.15, 0.2) is 5.69 Å². The number of nitrogens with zero attached hydrogens (tertiary/aromatic N) is 3. The van der Waals surface area contributed by atoms with Gasteiger partial charge in [-0.1, -0.05) is 11.6 Å². The highest BCUT2D eigenvalue weighted by Gasteiger charge is 2.60. The molecule has 1 aromatic heterocycles. The van der Waals surface area contributed by atoms with Gasteiger partial charge in [-0.2, -0.15) is 13.2 Å². The van der Waals surface area contributed by atoms with Crippen LogP contribution in [0.25, 0.3) is 0 Å². The fourth-order valence-corrected chi connectivity index (χ4v) is 6.61. The standard InChI is InChI=1S/C21H28ClF3N4O5S/c1-11-6-15(28-35(3,31)32)16(29(11)19(30)33-2)10-34-13-4-5-20(8-12(20)7-13)18-26-9-14(22)17(27-18)21(23,24)25/h9,11-13,15-16,28H,4-8,10H2,1-3H3/t11-,12?,13?,15+,16+,20?/m1/s1. The molecule has 3 aliphatic rings. The first kappa shape index (κ1) is 26.4. The van der Waals surface area contributed by atoms with Crippen LogP contribution in [0.1, 0.15) is 50.5 Å². The highest BCUT2D eigenvalue weighted by atomic mass is 35.5. The van der Waals surface area contributed by atoms with E-state index in [2.05, 4.69) is 14.7 Å². The molecular formula is C21H28ClF3N4O5S. The van der Waals surface area contributed by atoms with Crippen molar-refractivity contribution in [2.75, 3.05) is 20.0 Å². The number of carbonyl (C=O) groups is 1. The van der Waals surface area contributed by atoms with Gasteiger partial charge < -0.3 is 9.47 Å². The lowest BCUT2D eigenvalue weighted by Crippen LogP contribution is -2.50. The Morgan fingerprint density at radius 3 is 2.69 bits per heavy atom. The van der Waals surface area contributed by atoms with E-state index in [0.717, 1.165) is 12.5 Å². The second-order valence-corrected chi connectivity index (χ2v) is 11.9. The highest BCUT2D eigenvalue weighted by Crippen LogP contribution is 2.62. The van der Waals surface area contributed by atoms with Crippen LogP contribution >= 0.6 is 11.6 Å². The number of fused-ring (bicyclic) bond motifs is 1. The summed E-state index contributed by atoms with van der Waals surface area (Å²) in [5.74, 6) is 0.240. The summed E-state index contributed by atoms with van der Waals surface area (Å²) in [4.78, 5) is 21.7. The van der Waals surface area contributed by atoms with Crippen LogP contribution < -0.4 is 4.72 Å². The number of hydrogen-bond donors (Lipinski definition) is 1. The molecule has 2 saturated carbocycles. The van der Waals surface area contributed by atoms with E-state index in [9.17, 15) is 26.4 Å². The average molecular weight is 541 g/mol. The summed E-state index contributed by atoms with van der Waals surface area (Å²) in [7, 11) is -2.24. The Hall–Kier alpha value is -1.70. The van der Waals surface area contributed by atoms with E-state index in [-0.39, 0.29) is 30.5 Å². The minimum atomic E-state index is -4.66. The number of halogens is 4. The fraction of sp³-hybridized carbons (Fsp3) is 0.762. The van der Waals surface area contributed by atoms with Crippen molar-refractivity contribution in [1.82, 2.24) is 19.6 Å². The third kappa shape index (κ3) is 5.37. The maximum absolute atomic E-state index is 13.2. The number of amides is 1. The molecule has 9 nitrogen and oxygen atoms in total. The van der Waals surface area contributed by atoms with Gasteiger partial charge in [0.1, 0.15) is 5.82 Å². The number of rotatable bonds is 6. The SMILES string of the molecule is COC(=O)N1[C@H](C)C[C@H](NS(C)(=O)=O)[C@@H]1COC1CCC2(c3ncc(Cl)c(C(F)(F)F)n3)CC2C1. The molecule has 196 valence electrons. The van der Waals surface area contributed by atoms with Gasteiger partial charge in [-0.25, -0.2) is 27.9 Å². The monoisotopic (exact) mass is 540 g/mol. The van der Waals surface area contributed by atoms with Crippen molar-refractivity contribution in [3.8, 4) is 0 Å². The molecular weight excluding hydrogens is 513 g/mol. The Labute approximate surface area is 206 Å². The first-order valence-corrected chi connectivity index (χ1v) is 13.6. The molecule has 6 atom stereocenters. The molecule has 35 heavy (non-hydrogen) atoms. The maximum Gasteiger partial charge on any atom is 0.434 e. The summed E-state index contributed by atoms with van der Waals surface area (Å²) in [6.07, 6.45) is -0.490. The molecule has 14 heteroatoms. The van der Waals surface area contributed by atoms with Gasteiger partial charge in [0.2, 0.25) is 10.0 Å². The van der Waals surface area contributed by atoms with E-state index in [1.807, 2.05) is 6.92 Å². The van der Waals surface area contributed by atoms with Gasteiger partial charge in [0.05, 0.1) is 37.1 Å². The molecule has 2 heterocycles. The van der Waals surface area contributed by atoms with Crippen molar-refractivity contribution in [2.24, 2.45) is 5.92 Å². The average Bonchev–Trinajstić information content (AvgIpc) is 3.41. The third-order valence-corrected chi connectivity index (χ3v) is 8.30. The van der Waals surface area contributed by atoms with Gasteiger partial charge >= 0.3 is 12.3 Å². The molecule has 2 aliphatic carbocycles.